The summed E-state index contributed by atoms with van der Waals surface area (Å²) in [6, 6.07) is 0.689. The number of rotatable bonds is 2. The van der Waals surface area contributed by atoms with Gasteiger partial charge in [-0.05, 0) is 57.1 Å². The highest BCUT2D eigenvalue weighted by Crippen LogP contribution is 2.50. The van der Waals surface area contributed by atoms with E-state index in [1.54, 1.807) is 20.8 Å². The molecule has 1 aromatic heterocycles. The van der Waals surface area contributed by atoms with E-state index in [1.807, 2.05) is 0 Å². The minimum Gasteiger partial charge on any atom is -0.444 e. The van der Waals surface area contributed by atoms with E-state index in [1.165, 1.54) is 9.80 Å². The fourth-order valence-electron chi connectivity index (χ4n) is 5.60. The van der Waals surface area contributed by atoms with Gasteiger partial charge in [0.25, 0.3) is 5.91 Å². The molecular weight excluding hydrogens is 477 g/mol. The first kappa shape index (κ1) is 25.8. The summed E-state index contributed by atoms with van der Waals surface area (Å²) in [6.45, 7) is 5.90. The van der Waals surface area contributed by atoms with Crippen LogP contribution in [0.4, 0.5) is 18.0 Å². The van der Waals surface area contributed by atoms with Crippen LogP contribution in [0.3, 0.4) is 0 Å². The van der Waals surface area contributed by atoms with Crippen molar-refractivity contribution in [2.45, 2.75) is 64.4 Å². The van der Waals surface area contributed by atoms with E-state index in [0.29, 0.717) is 30.6 Å². The van der Waals surface area contributed by atoms with E-state index >= 15 is 0 Å². The topological polar surface area (TPSA) is 91.8 Å². The van der Waals surface area contributed by atoms with Gasteiger partial charge in [-0.3, -0.25) is 14.6 Å². The molecule has 8 nitrogen and oxygen atoms in total. The molecule has 0 spiro atoms. The Hall–Kier alpha value is -3.29. The molecule has 1 saturated carbocycles. The van der Waals surface area contributed by atoms with Crippen molar-refractivity contribution in [2.24, 2.45) is 11.3 Å². The predicted molar refractivity (Wildman–Crippen MR) is 122 cm³/mol. The molecule has 4 rings (SSSR count). The zero-order chi connectivity index (χ0) is 26.5. The monoisotopic (exact) mass is 506 g/mol. The summed E-state index contributed by atoms with van der Waals surface area (Å²) in [5.74, 6) is 1.06. The van der Waals surface area contributed by atoms with E-state index in [4.69, 9.17) is 11.2 Å². The lowest BCUT2D eigenvalue weighted by molar-refractivity contribution is -0.144. The quantitative estimate of drug-likeness (QED) is 0.623. The highest BCUT2D eigenvalue weighted by molar-refractivity contribution is 5.94. The second kappa shape index (κ2) is 8.98. The Bertz CT molecular complexity index is 1120. The predicted octanol–water partition coefficient (Wildman–Crippen LogP) is 2.75. The van der Waals surface area contributed by atoms with Gasteiger partial charge in [-0.2, -0.15) is 13.2 Å². The van der Waals surface area contributed by atoms with Crippen LogP contribution in [0.2, 0.25) is 0 Å². The van der Waals surface area contributed by atoms with Crippen LogP contribution in [0.5, 0.6) is 0 Å². The number of amides is 3. The van der Waals surface area contributed by atoms with E-state index in [2.05, 4.69) is 16.2 Å². The number of aromatic nitrogens is 1. The molecule has 0 aromatic carbocycles. The maximum absolute atomic E-state index is 14.0. The van der Waals surface area contributed by atoms with Crippen molar-refractivity contribution in [3.8, 4) is 12.3 Å². The third kappa shape index (κ3) is 4.99. The Kier molecular flexibility index (Phi) is 6.43. The van der Waals surface area contributed by atoms with Crippen LogP contribution < -0.4 is 5.32 Å². The number of alkyl carbamates (subject to hydrolysis) is 1. The Morgan fingerprint density at radius 1 is 1.25 bits per heavy atom. The van der Waals surface area contributed by atoms with Gasteiger partial charge < -0.3 is 19.9 Å². The summed E-state index contributed by atoms with van der Waals surface area (Å²) in [5, 5.41) is 2.83. The zero-order valence-corrected chi connectivity index (χ0v) is 20.4. The smallest absolute Gasteiger partial charge is 0.417 e. The number of terminal acetylenes is 1. The van der Waals surface area contributed by atoms with Crippen molar-refractivity contribution >= 4 is 17.9 Å². The fraction of sp³-hybridized carbons (Fsp3) is 0.600. The molecule has 1 aliphatic carbocycles. The van der Waals surface area contributed by atoms with Crippen LogP contribution in [0, 0.1) is 23.7 Å². The molecule has 194 valence electrons. The van der Waals surface area contributed by atoms with Gasteiger partial charge in [0, 0.05) is 50.5 Å². The number of nitrogens with zero attached hydrogens (tertiary/aromatic N) is 3. The van der Waals surface area contributed by atoms with Crippen LogP contribution >= 0.6 is 0 Å². The number of ether oxygens (including phenoxy) is 1. The summed E-state index contributed by atoms with van der Waals surface area (Å²) in [4.78, 5) is 45.6. The van der Waals surface area contributed by atoms with Crippen molar-refractivity contribution in [1.82, 2.24) is 20.1 Å². The number of alkyl halides is 3. The first-order chi connectivity index (χ1) is 16.7. The molecular formula is C25H29F3N4O4. The highest BCUT2D eigenvalue weighted by Gasteiger charge is 2.59. The number of hydrogen-bond donors (Lipinski definition) is 1. The summed E-state index contributed by atoms with van der Waals surface area (Å²) in [7, 11) is 0. The number of fused-ring (bicyclic) bond motifs is 2. The van der Waals surface area contributed by atoms with Crippen LogP contribution in [0.25, 0.3) is 0 Å². The number of pyridine rings is 1. The van der Waals surface area contributed by atoms with Crippen molar-refractivity contribution in [1.29, 1.82) is 0 Å². The van der Waals surface area contributed by atoms with Crippen LogP contribution in [0.15, 0.2) is 12.3 Å². The van der Waals surface area contributed by atoms with Crippen LogP contribution in [0.1, 0.15) is 50.4 Å². The molecule has 1 saturated heterocycles. The van der Waals surface area contributed by atoms with Gasteiger partial charge in [0.15, 0.2) is 0 Å². The summed E-state index contributed by atoms with van der Waals surface area (Å²) in [6.07, 6.45) is 2.04. The number of likely N-dealkylation sites (tertiary alicyclic amines) is 1. The van der Waals surface area contributed by atoms with Gasteiger partial charge in [0.05, 0.1) is 11.0 Å². The zero-order valence-electron chi connectivity index (χ0n) is 20.4. The van der Waals surface area contributed by atoms with Gasteiger partial charge in [-0.25, -0.2) is 4.79 Å². The Morgan fingerprint density at radius 3 is 2.61 bits per heavy atom. The molecule has 3 aliphatic rings. The van der Waals surface area contributed by atoms with Crippen LogP contribution in [-0.2, 0) is 33.5 Å². The maximum atomic E-state index is 14.0. The molecule has 2 aliphatic heterocycles. The number of carbonyl (C=O) groups excluding carboxylic acids is 3. The third-order valence-electron chi connectivity index (χ3n) is 7.09. The molecule has 2 fully saturated rings. The second-order valence-electron chi connectivity index (χ2n) is 10.8. The van der Waals surface area contributed by atoms with E-state index in [0.717, 1.165) is 12.3 Å². The van der Waals surface area contributed by atoms with E-state index < -0.39 is 34.8 Å². The Morgan fingerprint density at radius 2 is 1.97 bits per heavy atom. The van der Waals surface area contributed by atoms with Gasteiger partial charge in [-0.1, -0.05) is 0 Å². The molecule has 36 heavy (non-hydrogen) atoms. The van der Waals surface area contributed by atoms with Gasteiger partial charge >= 0.3 is 12.3 Å². The molecule has 1 aromatic rings. The van der Waals surface area contributed by atoms with Crippen molar-refractivity contribution < 1.29 is 32.3 Å². The molecule has 0 bridgehead atoms. The number of nitrogens with one attached hydrogen (secondary N) is 1. The normalized spacial score (nSPS) is 25.6. The summed E-state index contributed by atoms with van der Waals surface area (Å²) < 4.78 is 45.0. The molecule has 3 atom stereocenters. The molecule has 3 amide bonds. The molecule has 1 N–H and O–H groups in total. The largest absolute Gasteiger partial charge is 0.444 e. The van der Waals surface area contributed by atoms with Crippen molar-refractivity contribution in [2.75, 3.05) is 19.6 Å². The lowest BCUT2D eigenvalue weighted by Gasteiger charge is -2.37. The lowest BCUT2D eigenvalue weighted by atomic mass is 9.78. The molecule has 0 radical (unpaired) electrons. The summed E-state index contributed by atoms with van der Waals surface area (Å²) >= 11 is 0. The molecule has 11 heteroatoms. The average molecular weight is 507 g/mol. The van der Waals surface area contributed by atoms with Gasteiger partial charge in [0.1, 0.15) is 5.60 Å². The van der Waals surface area contributed by atoms with Crippen molar-refractivity contribution in [3.05, 3.63) is 29.1 Å². The highest BCUT2D eigenvalue weighted by atomic mass is 19.4. The standard InChI is InChI=1S/C25H29F3N4O4/c1-5-20(33)32-13-17-9-18(30-22(35)36-23(2,3)4)10-24(17,14-32)21(34)31-7-6-19-15(12-31)8-16(11-29-19)25(26,27)28/h1,8,11,17-18H,6-7,9-10,12-14H2,2-4H3,(H,30,35)/t17-,18+,24-/m0/s1. The fourth-order valence-corrected chi connectivity index (χ4v) is 5.60. The Labute approximate surface area is 207 Å². The summed E-state index contributed by atoms with van der Waals surface area (Å²) in [5.41, 5.74) is -1.66. The Balaban J connectivity index is 1.57. The van der Waals surface area contributed by atoms with E-state index in [9.17, 15) is 27.6 Å². The minimum absolute atomic E-state index is 0.00714. The van der Waals surface area contributed by atoms with Gasteiger partial charge in [-0.15, -0.1) is 6.42 Å². The molecule has 0 unspecified atom stereocenters. The second-order valence-corrected chi connectivity index (χ2v) is 10.8. The number of carbonyl (C=O) groups is 3. The van der Waals surface area contributed by atoms with Crippen molar-refractivity contribution in [3.63, 3.8) is 0 Å². The van der Waals surface area contributed by atoms with Crippen LogP contribution in [-0.4, -0.2) is 64.0 Å². The number of hydrogen-bond acceptors (Lipinski definition) is 5. The average Bonchev–Trinajstić information content (AvgIpc) is 3.30. The SMILES string of the molecule is C#CC(=O)N1C[C@@H]2C[C@@H](NC(=O)OC(C)(C)C)C[C@]2(C(=O)N2CCc3ncc(C(F)(F)F)cc3C2)C1. The maximum Gasteiger partial charge on any atom is 0.417 e. The first-order valence-electron chi connectivity index (χ1n) is 11.8. The minimum atomic E-state index is -4.54. The molecule has 3 heterocycles. The number of halogens is 3. The lowest BCUT2D eigenvalue weighted by Crippen LogP contribution is -2.49. The first-order valence-corrected chi connectivity index (χ1v) is 11.8. The third-order valence-corrected chi connectivity index (χ3v) is 7.09. The van der Waals surface area contributed by atoms with E-state index in [-0.39, 0.29) is 43.9 Å². The van der Waals surface area contributed by atoms with Gasteiger partial charge in [0.2, 0.25) is 5.91 Å².